The summed E-state index contributed by atoms with van der Waals surface area (Å²) in [5.74, 6) is 0.00712. The second-order valence-electron chi connectivity index (χ2n) is 8.26. The Kier molecular flexibility index (Phi) is 10.2. The van der Waals surface area contributed by atoms with Gasteiger partial charge in [-0.3, -0.25) is 9.59 Å². The molecule has 206 valence electrons. The predicted octanol–water partition coefficient (Wildman–Crippen LogP) is 7.37. The Morgan fingerprint density at radius 1 is 1.07 bits per heavy atom. The van der Waals surface area contributed by atoms with Crippen LogP contribution in [0.2, 0.25) is 10.0 Å². The van der Waals surface area contributed by atoms with Gasteiger partial charge in [-0.05, 0) is 77.8 Å². The minimum Gasteiger partial charge on any atom is -0.490 e. The summed E-state index contributed by atoms with van der Waals surface area (Å²) in [6.45, 7) is 3.87. The van der Waals surface area contributed by atoms with E-state index in [0.29, 0.717) is 49.4 Å². The molecule has 4 rings (SSSR count). The number of carbonyl (C=O) groups excluding carboxylic acids is 2. The van der Waals surface area contributed by atoms with E-state index in [1.165, 1.54) is 6.21 Å². The molecule has 4 aromatic rings. The van der Waals surface area contributed by atoms with Crippen molar-refractivity contribution in [2.45, 2.75) is 13.8 Å². The number of thiazole rings is 1. The molecule has 0 aliphatic carbocycles. The van der Waals surface area contributed by atoms with Crippen LogP contribution in [0, 0.1) is 6.92 Å². The molecule has 0 spiro atoms. The van der Waals surface area contributed by atoms with Gasteiger partial charge in [0.1, 0.15) is 0 Å². The molecule has 0 aliphatic rings. The van der Waals surface area contributed by atoms with Gasteiger partial charge >= 0.3 is 0 Å². The Labute approximate surface area is 253 Å². The number of aromatic nitrogens is 1. The molecular weight excluding hydrogens is 639 g/mol. The first-order valence-corrected chi connectivity index (χ1v) is 14.4. The van der Waals surface area contributed by atoms with Crippen LogP contribution in [0.4, 0.5) is 5.69 Å². The Hall–Kier alpha value is -3.44. The zero-order chi connectivity index (χ0) is 28.6. The number of amides is 2. The zero-order valence-electron chi connectivity index (χ0n) is 21.3. The monoisotopic (exact) mass is 660 g/mol. The number of carbonyl (C=O) groups is 2. The Bertz CT molecular complexity index is 1560. The third-order valence-electron chi connectivity index (χ3n) is 5.32. The first-order valence-electron chi connectivity index (χ1n) is 11.9. The minimum atomic E-state index is -0.393. The summed E-state index contributed by atoms with van der Waals surface area (Å²) in [4.78, 5) is 29.4. The minimum absolute atomic E-state index is 0.275. The molecule has 0 bridgehead atoms. The van der Waals surface area contributed by atoms with Gasteiger partial charge < -0.3 is 14.8 Å². The highest BCUT2D eigenvalue weighted by Gasteiger charge is 2.15. The highest BCUT2D eigenvalue weighted by Crippen LogP contribution is 2.36. The maximum Gasteiger partial charge on any atom is 0.271 e. The van der Waals surface area contributed by atoms with Crippen LogP contribution in [0.3, 0.4) is 0 Å². The third kappa shape index (κ3) is 7.82. The third-order valence-corrected chi connectivity index (χ3v) is 7.43. The molecule has 2 amide bonds. The topological polar surface area (TPSA) is 102 Å². The fourth-order valence-corrected chi connectivity index (χ4v) is 4.99. The summed E-state index contributed by atoms with van der Waals surface area (Å²) in [6, 6.07) is 15.4. The molecule has 0 unspecified atom stereocenters. The Morgan fingerprint density at radius 2 is 1.85 bits per heavy atom. The van der Waals surface area contributed by atoms with Gasteiger partial charge in [-0.25, -0.2) is 10.4 Å². The summed E-state index contributed by atoms with van der Waals surface area (Å²) in [6.07, 6.45) is 1.48. The molecule has 2 N–H and O–H groups in total. The number of nitrogens with zero attached hydrogens (tertiary/aromatic N) is 2. The highest BCUT2D eigenvalue weighted by molar-refractivity contribution is 9.10. The largest absolute Gasteiger partial charge is 0.490 e. The SMILES string of the molecule is CCOc1cc(/C=N/NC(=O)c2ccc(-c3csc(C)n3)cc2)cc(Br)c1OCC(=O)Nc1ccc(Cl)c(Cl)c1. The van der Waals surface area contributed by atoms with Gasteiger partial charge in [0, 0.05) is 22.2 Å². The summed E-state index contributed by atoms with van der Waals surface area (Å²) in [7, 11) is 0. The van der Waals surface area contributed by atoms with Crippen LogP contribution in [0.25, 0.3) is 11.3 Å². The average Bonchev–Trinajstić information content (AvgIpc) is 3.36. The van der Waals surface area contributed by atoms with E-state index in [1.807, 2.05) is 31.4 Å². The number of ether oxygens (including phenoxy) is 2. The van der Waals surface area contributed by atoms with E-state index in [2.05, 4.69) is 36.8 Å². The lowest BCUT2D eigenvalue weighted by molar-refractivity contribution is -0.118. The standard InChI is InChI=1S/C28H23BrCl2N4O4S/c1-3-38-25-11-17(10-21(29)27(25)39-14-26(36)34-20-8-9-22(30)23(31)12-20)13-32-35-28(37)19-6-4-18(5-7-19)24-15-40-16(2)33-24/h4-13,15H,3,14H2,1-2H3,(H,34,36)(H,35,37)/b32-13+. The van der Waals surface area contributed by atoms with Crippen LogP contribution in [0.5, 0.6) is 11.5 Å². The molecule has 0 atom stereocenters. The molecule has 0 fully saturated rings. The molecule has 3 aromatic carbocycles. The fraction of sp³-hybridized carbons (Fsp3) is 0.143. The van der Waals surface area contributed by atoms with Gasteiger partial charge in [-0.15, -0.1) is 11.3 Å². The number of halogens is 3. The van der Waals surface area contributed by atoms with E-state index in [1.54, 1.807) is 53.8 Å². The number of aryl methyl sites for hydroxylation is 1. The average molecular weight is 662 g/mol. The van der Waals surface area contributed by atoms with Crippen LogP contribution in [0.1, 0.15) is 27.9 Å². The van der Waals surface area contributed by atoms with Crippen molar-refractivity contribution in [1.29, 1.82) is 0 Å². The van der Waals surface area contributed by atoms with Crippen molar-refractivity contribution < 1.29 is 19.1 Å². The maximum absolute atomic E-state index is 12.5. The fourth-order valence-electron chi connectivity index (χ4n) is 3.49. The lowest BCUT2D eigenvalue weighted by atomic mass is 10.1. The molecular formula is C28H23BrCl2N4O4S. The molecule has 12 heteroatoms. The number of anilines is 1. The van der Waals surface area contributed by atoms with E-state index in [0.717, 1.165) is 16.3 Å². The van der Waals surface area contributed by atoms with Gasteiger partial charge in [-0.2, -0.15) is 5.10 Å². The number of hydrogen-bond acceptors (Lipinski definition) is 7. The van der Waals surface area contributed by atoms with Crippen LogP contribution in [-0.4, -0.2) is 36.2 Å². The lowest BCUT2D eigenvalue weighted by Crippen LogP contribution is -2.20. The first kappa shape index (κ1) is 29.5. The molecule has 0 saturated carbocycles. The van der Waals surface area contributed by atoms with Gasteiger partial charge in [0.05, 0.1) is 38.0 Å². The first-order chi connectivity index (χ1) is 19.2. The zero-order valence-corrected chi connectivity index (χ0v) is 25.2. The van der Waals surface area contributed by atoms with E-state index in [4.69, 9.17) is 32.7 Å². The number of benzene rings is 3. The molecule has 0 aliphatic heterocycles. The Balaban J connectivity index is 1.38. The molecule has 1 aromatic heterocycles. The Morgan fingerprint density at radius 3 is 2.52 bits per heavy atom. The predicted molar refractivity (Wildman–Crippen MR) is 163 cm³/mol. The molecule has 0 saturated heterocycles. The number of rotatable bonds is 10. The van der Waals surface area contributed by atoms with Crippen LogP contribution < -0.4 is 20.2 Å². The number of nitrogens with one attached hydrogen (secondary N) is 2. The van der Waals surface area contributed by atoms with Gasteiger partial charge in [0.15, 0.2) is 18.1 Å². The normalized spacial score (nSPS) is 10.9. The summed E-state index contributed by atoms with van der Waals surface area (Å²) >= 11 is 17.0. The highest BCUT2D eigenvalue weighted by atomic mass is 79.9. The van der Waals surface area contributed by atoms with E-state index >= 15 is 0 Å². The molecule has 40 heavy (non-hydrogen) atoms. The van der Waals surface area contributed by atoms with Crippen molar-refractivity contribution in [3.05, 3.63) is 90.6 Å². The van der Waals surface area contributed by atoms with Crippen molar-refractivity contribution in [2.75, 3.05) is 18.5 Å². The van der Waals surface area contributed by atoms with Gasteiger partial charge in [-0.1, -0.05) is 35.3 Å². The van der Waals surface area contributed by atoms with Crippen LogP contribution in [0.15, 0.2) is 69.6 Å². The van der Waals surface area contributed by atoms with Crippen LogP contribution >= 0.6 is 50.5 Å². The van der Waals surface area contributed by atoms with E-state index in [9.17, 15) is 9.59 Å². The summed E-state index contributed by atoms with van der Waals surface area (Å²) in [5, 5.41) is 10.4. The van der Waals surface area contributed by atoms with Crippen molar-refractivity contribution in [3.8, 4) is 22.8 Å². The molecule has 1 heterocycles. The van der Waals surface area contributed by atoms with Crippen molar-refractivity contribution in [1.82, 2.24) is 10.4 Å². The van der Waals surface area contributed by atoms with Crippen LogP contribution in [-0.2, 0) is 4.79 Å². The van der Waals surface area contributed by atoms with Crippen molar-refractivity contribution >= 4 is 74.2 Å². The lowest BCUT2D eigenvalue weighted by Gasteiger charge is -2.14. The number of hydrazone groups is 1. The summed E-state index contributed by atoms with van der Waals surface area (Å²) < 4.78 is 12.0. The van der Waals surface area contributed by atoms with Crippen molar-refractivity contribution in [2.24, 2.45) is 5.10 Å². The van der Waals surface area contributed by atoms with Gasteiger partial charge in [0.2, 0.25) is 0 Å². The van der Waals surface area contributed by atoms with E-state index < -0.39 is 5.91 Å². The van der Waals surface area contributed by atoms with Gasteiger partial charge in [0.25, 0.3) is 11.8 Å². The molecule has 8 nitrogen and oxygen atoms in total. The maximum atomic E-state index is 12.5. The quantitative estimate of drug-likeness (QED) is 0.137. The van der Waals surface area contributed by atoms with Crippen molar-refractivity contribution in [3.63, 3.8) is 0 Å². The smallest absolute Gasteiger partial charge is 0.271 e. The molecule has 0 radical (unpaired) electrons. The summed E-state index contributed by atoms with van der Waals surface area (Å²) in [5.41, 5.74) is 5.93. The van der Waals surface area contributed by atoms with E-state index in [-0.39, 0.29) is 12.5 Å². The second kappa shape index (κ2) is 13.8. The number of hydrogen-bond donors (Lipinski definition) is 2. The second-order valence-corrected chi connectivity index (χ2v) is 11.0.